The highest BCUT2D eigenvalue weighted by Crippen LogP contribution is 2.40. The highest BCUT2D eigenvalue weighted by molar-refractivity contribution is 7.89. The molecule has 0 amide bonds. The van der Waals surface area contributed by atoms with Crippen molar-refractivity contribution in [2.45, 2.75) is 30.0 Å². The van der Waals surface area contributed by atoms with E-state index in [-0.39, 0.29) is 35.1 Å². The second-order valence-corrected chi connectivity index (χ2v) is 10.1. The zero-order chi connectivity index (χ0) is 25.2. The van der Waals surface area contributed by atoms with Gasteiger partial charge in [0.15, 0.2) is 0 Å². The number of sulfonamides is 1. The zero-order valence-electron chi connectivity index (χ0n) is 18.5. The molecule has 2 heterocycles. The van der Waals surface area contributed by atoms with Gasteiger partial charge in [-0.1, -0.05) is 11.6 Å². The van der Waals surface area contributed by atoms with Crippen molar-refractivity contribution < 1.29 is 21.6 Å². The molecule has 0 unspecified atom stereocenters. The summed E-state index contributed by atoms with van der Waals surface area (Å²) in [6, 6.07) is 10.8. The third-order valence-electron chi connectivity index (χ3n) is 5.53. The lowest BCUT2D eigenvalue weighted by atomic mass is 10.2. The normalized spacial score (nSPS) is 16.4. The van der Waals surface area contributed by atoms with E-state index in [0.29, 0.717) is 22.9 Å². The van der Waals surface area contributed by atoms with Crippen LogP contribution in [0.5, 0.6) is 0 Å². The molecule has 1 aromatic heterocycles. The van der Waals surface area contributed by atoms with Gasteiger partial charge in [0.1, 0.15) is 24.0 Å². The number of nitrogens with zero attached hydrogens (tertiary/aromatic N) is 3. The van der Waals surface area contributed by atoms with E-state index in [4.69, 9.17) is 11.6 Å². The quantitative estimate of drug-likeness (QED) is 0.396. The van der Waals surface area contributed by atoms with Crippen molar-refractivity contribution in [1.82, 2.24) is 14.7 Å². The summed E-state index contributed by atoms with van der Waals surface area (Å²) in [5.74, 6) is 0.680. The average Bonchev–Trinajstić information content (AvgIpc) is 3.31. The number of nitrogens with one attached hydrogen (secondary N) is 3. The summed E-state index contributed by atoms with van der Waals surface area (Å²) in [5, 5.41) is 6.64. The Labute approximate surface area is 205 Å². The fraction of sp³-hybridized carbons (Fsp3) is 0.273. The topological polar surface area (TPSA) is 99.2 Å². The van der Waals surface area contributed by atoms with Gasteiger partial charge in [-0.15, -0.1) is 0 Å². The number of rotatable bonds is 7. The lowest BCUT2D eigenvalue weighted by molar-refractivity contribution is -0.145. The molecule has 1 aliphatic heterocycles. The second-order valence-electron chi connectivity index (χ2n) is 7.82. The van der Waals surface area contributed by atoms with Crippen molar-refractivity contribution in [3.63, 3.8) is 0 Å². The third-order valence-corrected chi connectivity index (χ3v) is 7.20. The molecule has 4 rings (SSSR count). The van der Waals surface area contributed by atoms with Gasteiger partial charge in [-0.05, 0) is 62.4 Å². The first-order valence-electron chi connectivity index (χ1n) is 10.6. The number of aromatic nitrogens is 2. The van der Waals surface area contributed by atoms with Gasteiger partial charge in [0, 0.05) is 23.3 Å². The van der Waals surface area contributed by atoms with E-state index < -0.39 is 22.2 Å². The first-order valence-corrected chi connectivity index (χ1v) is 12.5. The van der Waals surface area contributed by atoms with Crippen LogP contribution in [0.25, 0.3) is 0 Å². The van der Waals surface area contributed by atoms with Crippen LogP contribution < -0.4 is 20.3 Å². The lowest BCUT2D eigenvalue weighted by Crippen LogP contribution is -2.41. The van der Waals surface area contributed by atoms with Crippen LogP contribution in [-0.2, 0) is 10.0 Å². The Balaban J connectivity index is 1.69. The molecule has 2 aromatic carbocycles. The molecule has 0 saturated carbocycles. The Hall–Kier alpha value is -3.09. The first-order chi connectivity index (χ1) is 16.6. The number of halogens is 4. The van der Waals surface area contributed by atoms with Crippen molar-refractivity contribution in [3.05, 3.63) is 59.9 Å². The van der Waals surface area contributed by atoms with Crippen molar-refractivity contribution in [3.8, 4) is 0 Å². The van der Waals surface area contributed by atoms with Crippen LogP contribution in [0.2, 0.25) is 5.02 Å². The molecule has 8 nitrogen and oxygen atoms in total. The molecule has 1 atom stereocenters. The largest absolute Gasteiger partial charge is 0.408 e. The van der Waals surface area contributed by atoms with Crippen molar-refractivity contribution in [2.75, 3.05) is 29.1 Å². The Morgan fingerprint density at radius 2 is 1.71 bits per heavy atom. The summed E-state index contributed by atoms with van der Waals surface area (Å²) in [6.07, 6.45) is -2.82. The summed E-state index contributed by atoms with van der Waals surface area (Å²) in [4.78, 5) is 9.45. The number of hydrogen-bond acceptors (Lipinski definition) is 7. The van der Waals surface area contributed by atoms with Gasteiger partial charge in [0.05, 0.1) is 16.3 Å². The monoisotopic (exact) mass is 526 g/mol. The molecule has 0 radical (unpaired) electrons. The van der Waals surface area contributed by atoms with Gasteiger partial charge in [-0.3, -0.25) is 0 Å². The Morgan fingerprint density at radius 1 is 1.03 bits per heavy atom. The molecule has 3 N–H and O–H groups in total. The summed E-state index contributed by atoms with van der Waals surface area (Å²) in [6.45, 7) is 0.185. The minimum Gasteiger partial charge on any atom is -0.358 e. The maximum Gasteiger partial charge on any atom is 0.408 e. The smallest absolute Gasteiger partial charge is 0.358 e. The van der Waals surface area contributed by atoms with Crippen LogP contribution >= 0.6 is 11.6 Å². The Bertz CT molecular complexity index is 1310. The van der Waals surface area contributed by atoms with Crippen LogP contribution in [-0.4, -0.2) is 44.2 Å². The van der Waals surface area contributed by atoms with E-state index in [1.807, 2.05) is 0 Å². The lowest BCUT2D eigenvalue weighted by Gasteiger charge is -2.30. The molecule has 0 spiro atoms. The van der Waals surface area contributed by atoms with Crippen LogP contribution in [0.3, 0.4) is 0 Å². The van der Waals surface area contributed by atoms with Gasteiger partial charge in [-0.2, -0.15) is 13.2 Å². The van der Waals surface area contributed by atoms with Gasteiger partial charge in [-0.25, -0.2) is 23.1 Å². The van der Waals surface area contributed by atoms with Gasteiger partial charge < -0.3 is 15.5 Å². The number of alkyl halides is 3. The van der Waals surface area contributed by atoms with E-state index in [1.165, 1.54) is 36.5 Å². The Kier molecular flexibility index (Phi) is 7.06. The summed E-state index contributed by atoms with van der Waals surface area (Å²) >= 11 is 5.91. The van der Waals surface area contributed by atoms with Crippen molar-refractivity contribution >= 4 is 50.3 Å². The number of hydrogen-bond donors (Lipinski definition) is 3. The fourth-order valence-corrected chi connectivity index (χ4v) is 4.74. The SMILES string of the molecule is CNS(=O)(=O)c1ccc(N2CCC[C@@H]2C(F)(F)F)c(Nc2cc(Nc3ccc(Cl)cc3)ncn2)c1. The maximum atomic E-state index is 13.7. The molecule has 0 aliphatic carbocycles. The van der Waals surface area contributed by atoms with Gasteiger partial charge >= 0.3 is 6.18 Å². The highest BCUT2D eigenvalue weighted by Gasteiger charge is 2.46. The molecule has 1 saturated heterocycles. The van der Waals surface area contributed by atoms with Gasteiger partial charge in [0.25, 0.3) is 0 Å². The predicted molar refractivity (Wildman–Crippen MR) is 129 cm³/mol. The van der Waals surface area contributed by atoms with E-state index >= 15 is 0 Å². The molecule has 35 heavy (non-hydrogen) atoms. The number of benzene rings is 2. The summed E-state index contributed by atoms with van der Waals surface area (Å²) in [7, 11) is -2.57. The van der Waals surface area contributed by atoms with E-state index in [9.17, 15) is 21.6 Å². The molecule has 0 bridgehead atoms. The van der Waals surface area contributed by atoms with Crippen molar-refractivity contribution in [1.29, 1.82) is 0 Å². The van der Waals surface area contributed by atoms with E-state index in [1.54, 1.807) is 30.3 Å². The molecule has 1 aliphatic rings. The molecule has 3 aromatic rings. The zero-order valence-corrected chi connectivity index (χ0v) is 20.0. The van der Waals surface area contributed by atoms with E-state index in [2.05, 4.69) is 25.3 Å². The van der Waals surface area contributed by atoms with Crippen LogP contribution in [0.4, 0.5) is 41.9 Å². The summed E-state index contributed by atoms with van der Waals surface area (Å²) in [5.41, 5.74) is 1.12. The second kappa shape index (κ2) is 9.88. The highest BCUT2D eigenvalue weighted by atomic mass is 35.5. The maximum absolute atomic E-state index is 13.7. The minimum atomic E-state index is -4.42. The minimum absolute atomic E-state index is 0.0395. The van der Waals surface area contributed by atoms with Crippen LogP contribution in [0.1, 0.15) is 12.8 Å². The predicted octanol–water partition coefficient (Wildman–Crippen LogP) is 5.06. The number of anilines is 5. The average molecular weight is 527 g/mol. The van der Waals surface area contributed by atoms with E-state index in [0.717, 1.165) is 0 Å². The van der Waals surface area contributed by atoms with Crippen molar-refractivity contribution in [2.24, 2.45) is 0 Å². The Morgan fingerprint density at radius 3 is 2.37 bits per heavy atom. The standard InChI is InChI=1S/C22H22ClF3N6O2S/c1-27-35(33,34)16-8-9-18(32-10-2-3-19(32)22(24,25)26)17(11-16)31-21-12-20(28-13-29-21)30-15-6-4-14(23)5-7-15/h4-9,11-13,19,27H,2-3,10H2,1H3,(H2,28,29,30,31)/t19-/m1/s1. The molecular formula is C22H22ClF3N6O2S. The first kappa shape index (κ1) is 25.0. The molecule has 1 fully saturated rings. The summed E-state index contributed by atoms with van der Waals surface area (Å²) < 4.78 is 67.9. The molecule has 13 heteroatoms. The third kappa shape index (κ3) is 5.77. The van der Waals surface area contributed by atoms with Crippen LogP contribution in [0.15, 0.2) is 59.8 Å². The molecule has 186 valence electrons. The van der Waals surface area contributed by atoms with Gasteiger partial charge in [0.2, 0.25) is 10.0 Å². The molecular weight excluding hydrogens is 505 g/mol. The fourth-order valence-electron chi connectivity index (χ4n) is 3.86. The van der Waals surface area contributed by atoms with Crippen LogP contribution in [0, 0.1) is 0 Å².